The van der Waals surface area contributed by atoms with Crippen LogP contribution in [0, 0.1) is 5.82 Å². The zero-order valence-electron chi connectivity index (χ0n) is 15.7. The first-order chi connectivity index (χ1) is 13.4. The standard InChI is InChI=1S/C20H23FN2O4S/c1-27-19-9-8-17(28(25,26)23-10-3-2-4-11-23)14-18(19)22-20(24)13-15-6-5-7-16(21)12-15/h5-9,12,14H,2-4,10-11,13H2,1H3,(H,22,24). The van der Waals surface area contributed by atoms with Gasteiger partial charge in [-0.2, -0.15) is 4.31 Å². The van der Waals surface area contributed by atoms with Gasteiger partial charge in [0, 0.05) is 13.1 Å². The largest absolute Gasteiger partial charge is 0.495 e. The van der Waals surface area contributed by atoms with Crippen molar-refractivity contribution in [3.8, 4) is 5.75 Å². The molecule has 1 aliphatic rings. The number of carbonyl (C=O) groups is 1. The normalized spacial score (nSPS) is 15.2. The van der Waals surface area contributed by atoms with Crippen molar-refractivity contribution in [3.05, 3.63) is 53.8 Å². The van der Waals surface area contributed by atoms with Crippen molar-refractivity contribution >= 4 is 21.6 Å². The Bertz CT molecular complexity index is 956. The fourth-order valence-electron chi connectivity index (χ4n) is 3.23. The molecule has 8 heteroatoms. The summed E-state index contributed by atoms with van der Waals surface area (Å²) < 4.78 is 45.8. The first-order valence-electron chi connectivity index (χ1n) is 9.12. The first kappa shape index (κ1) is 20.3. The van der Waals surface area contributed by atoms with E-state index in [9.17, 15) is 17.6 Å². The van der Waals surface area contributed by atoms with Crippen molar-refractivity contribution < 1.29 is 22.3 Å². The molecule has 0 spiro atoms. The molecule has 0 aromatic heterocycles. The number of hydrogen-bond donors (Lipinski definition) is 1. The maximum absolute atomic E-state index is 13.3. The van der Waals surface area contributed by atoms with Crippen LogP contribution in [0.2, 0.25) is 0 Å². The number of piperidine rings is 1. The molecule has 0 radical (unpaired) electrons. The third-order valence-corrected chi connectivity index (χ3v) is 6.55. The Morgan fingerprint density at radius 3 is 2.57 bits per heavy atom. The van der Waals surface area contributed by atoms with Gasteiger partial charge in [0.2, 0.25) is 15.9 Å². The lowest BCUT2D eigenvalue weighted by molar-refractivity contribution is -0.115. The topological polar surface area (TPSA) is 75.7 Å². The maximum Gasteiger partial charge on any atom is 0.243 e. The van der Waals surface area contributed by atoms with Crippen LogP contribution in [0.15, 0.2) is 47.4 Å². The number of amides is 1. The molecule has 2 aromatic rings. The minimum atomic E-state index is -3.63. The molecule has 1 amide bonds. The summed E-state index contributed by atoms with van der Waals surface area (Å²) in [5, 5.41) is 2.68. The number of halogens is 1. The minimum Gasteiger partial charge on any atom is -0.495 e. The van der Waals surface area contributed by atoms with Gasteiger partial charge in [0.15, 0.2) is 0 Å². The second-order valence-corrected chi connectivity index (χ2v) is 8.62. The molecule has 0 atom stereocenters. The highest BCUT2D eigenvalue weighted by molar-refractivity contribution is 7.89. The second-order valence-electron chi connectivity index (χ2n) is 6.68. The van der Waals surface area contributed by atoms with E-state index in [1.54, 1.807) is 6.07 Å². The number of methoxy groups -OCH3 is 1. The zero-order chi connectivity index (χ0) is 20.1. The number of hydrogen-bond acceptors (Lipinski definition) is 4. The molecule has 1 heterocycles. The highest BCUT2D eigenvalue weighted by atomic mass is 32.2. The van der Waals surface area contributed by atoms with Crippen molar-refractivity contribution in [2.24, 2.45) is 0 Å². The van der Waals surface area contributed by atoms with E-state index in [0.717, 1.165) is 19.3 Å². The molecule has 1 N–H and O–H groups in total. The lowest BCUT2D eigenvalue weighted by Crippen LogP contribution is -2.35. The van der Waals surface area contributed by atoms with E-state index in [4.69, 9.17) is 4.74 Å². The molecule has 1 fully saturated rings. The van der Waals surface area contributed by atoms with Gasteiger partial charge < -0.3 is 10.1 Å². The van der Waals surface area contributed by atoms with Crippen LogP contribution in [0.3, 0.4) is 0 Å². The second kappa shape index (κ2) is 8.70. The summed E-state index contributed by atoms with van der Waals surface area (Å²) in [6, 6.07) is 10.2. The van der Waals surface area contributed by atoms with Crippen LogP contribution in [-0.4, -0.2) is 38.8 Å². The first-order valence-corrected chi connectivity index (χ1v) is 10.6. The van der Waals surface area contributed by atoms with Gasteiger partial charge in [-0.1, -0.05) is 18.6 Å². The lowest BCUT2D eigenvalue weighted by Gasteiger charge is -2.26. The van der Waals surface area contributed by atoms with Crippen molar-refractivity contribution in [2.45, 2.75) is 30.6 Å². The summed E-state index contributed by atoms with van der Waals surface area (Å²) in [4.78, 5) is 12.5. The highest BCUT2D eigenvalue weighted by Crippen LogP contribution is 2.30. The van der Waals surface area contributed by atoms with E-state index < -0.39 is 21.7 Å². The summed E-state index contributed by atoms with van der Waals surface area (Å²) in [5.41, 5.74) is 0.788. The van der Waals surface area contributed by atoms with Crippen molar-refractivity contribution in [3.63, 3.8) is 0 Å². The van der Waals surface area contributed by atoms with Gasteiger partial charge >= 0.3 is 0 Å². The van der Waals surface area contributed by atoms with Crippen LogP contribution in [0.4, 0.5) is 10.1 Å². The number of nitrogens with one attached hydrogen (secondary N) is 1. The number of sulfonamides is 1. The summed E-state index contributed by atoms with van der Waals surface area (Å²) in [6.07, 6.45) is 2.67. The van der Waals surface area contributed by atoms with E-state index >= 15 is 0 Å². The van der Waals surface area contributed by atoms with Gasteiger partial charge in [-0.15, -0.1) is 0 Å². The maximum atomic E-state index is 13.3. The molecule has 6 nitrogen and oxygen atoms in total. The van der Waals surface area contributed by atoms with Crippen LogP contribution in [0.5, 0.6) is 5.75 Å². The average molecular weight is 406 g/mol. The van der Waals surface area contributed by atoms with E-state index in [0.29, 0.717) is 24.4 Å². The average Bonchev–Trinajstić information content (AvgIpc) is 2.68. The fourth-order valence-corrected chi connectivity index (χ4v) is 4.77. The quantitative estimate of drug-likeness (QED) is 0.799. The molecule has 150 valence electrons. The van der Waals surface area contributed by atoms with Crippen LogP contribution in [-0.2, 0) is 21.2 Å². The highest BCUT2D eigenvalue weighted by Gasteiger charge is 2.27. The summed E-state index contributed by atoms with van der Waals surface area (Å²) in [7, 11) is -2.19. The Morgan fingerprint density at radius 1 is 1.14 bits per heavy atom. The SMILES string of the molecule is COc1ccc(S(=O)(=O)N2CCCCC2)cc1NC(=O)Cc1cccc(F)c1. The third-order valence-electron chi connectivity index (χ3n) is 4.65. The number of rotatable bonds is 6. The summed E-state index contributed by atoms with van der Waals surface area (Å²) >= 11 is 0. The van der Waals surface area contributed by atoms with Gasteiger partial charge in [0.05, 0.1) is 24.1 Å². The molecule has 0 bridgehead atoms. The number of anilines is 1. The molecule has 28 heavy (non-hydrogen) atoms. The Balaban J connectivity index is 1.81. The Kier molecular flexibility index (Phi) is 6.31. The Morgan fingerprint density at radius 2 is 1.89 bits per heavy atom. The van der Waals surface area contributed by atoms with E-state index in [2.05, 4.69) is 5.32 Å². The molecule has 1 saturated heterocycles. The van der Waals surface area contributed by atoms with Gasteiger partial charge in [0.1, 0.15) is 11.6 Å². The molecule has 2 aromatic carbocycles. The Labute approximate surface area is 164 Å². The van der Waals surface area contributed by atoms with E-state index in [-0.39, 0.29) is 17.0 Å². The number of nitrogens with zero attached hydrogens (tertiary/aromatic N) is 1. The van der Waals surface area contributed by atoms with Gasteiger partial charge in [-0.25, -0.2) is 12.8 Å². The summed E-state index contributed by atoms with van der Waals surface area (Å²) in [6.45, 7) is 0.991. The zero-order valence-corrected chi connectivity index (χ0v) is 16.5. The van der Waals surface area contributed by atoms with Crippen LogP contribution >= 0.6 is 0 Å². The molecular weight excluding hydrogens is 383 g/mol. The predicted octanol–water partition coefficient (Wildman–Crippen LogP) is 3.19. The third kappa shape index (κ3) is 4.69. The molecule has 3 rings (SSSR count). The monoisotopic (exact) mass is 406 g/mol. The van der Waals surface area contributed by atoms with E-state index in [1.165, 1.54) is 47.8 Å². The van der Waals surface area contributed by atoms with Crippen molar-refractivity contribution in [1.29, 1.82) is 0 Å². The minimum absolute atomic E-state index is 0.0377. The lowest BCUT2D eigenvalue weighted by atomic mass is 10.1. The number of ether oxygens (including phenoxy) is 1. The van der Waals surface area contributed by atoms with Crippen molar-refractivity contribution in [1.82, 2.24) is 4.31 Å². The molecule has 0 unspecified atom stereocenters. The van der Waals surface area contributed by atoms with Gasteiger partial charge in [0.25, 0.3) is 0 Å². The molecule has 0 saturated carbocycles. The smallest absolute Gasteiger partial charge is 0.243 e. The summed E-state index contributed by atoms with van der Waals surface area (Å²) in [5.74, 6) is -0.459. The number of benzene rings is 2. The van der Waals surface area contributed by atoms with Crippen LogP contribution < -0.4 is 10.1 Å². The van der Waals surface area contributed by atoms with Crippen molar-refractivity contribution in [2.75, 3.05) is 25.5 Å². The number of carbonyl (C=O) groups excluding carboxylic acids is 1. The Hall–Kier alpha value is -2.45. The van der Waals surface area contributed by atoms with Crippen LogP contribution in [0.1, 0.15) is 24.8 Å². The van der Waals surface area contributed by atoms with Gasteiger partial charge in [-0.3, -0.25) is 4.79 Å². The van der Waals surface area contributed by atoms with Gasteiger partial charge in [-0.05, 0) is 48.7 Å². The molecule has 1 aliphatic heterocycles. The molecular formula is C20H23FN2O4S. The predicted molar refractivity (Wildman–Crippen MR) is 104 cm³/mol. The molecule has 0 aliphatic carbocycles. The van der Waals surface area contributed by atoms with Crippen LogP contribution in [0.25, 0.3) is 0 Å². The fraction of sp³-hybridized carbons (Fsp3) is 0.350. The van der Waals surface area contributed by atoms with E-state index in [1.807, 2.05) is 0 Å².